The molecule has 0 aromatic rings. The van der Waals surface area contributed by atoms with E-state index in [1.54, 1.807) is 18.0 Å². The van der Waals surface area contributed by atoms with Gasteiger partial charge in [-0.1, -0.05) is 40.7 Å². The summed E-state index contributed by atoms with van der Waals surface area (Å²) < 4.78 is 0. The van der Waals surface area contributed by atoms with Crippen LogP contribution in [0, 0.1) is 11.3 Å². The van der Waals surface area contributed by atoms with Gasteiger partial charge in [-0.05, 0) is 51.5 Å². The van der Waals surface area contributed by atoms with Crippen molar-refractivity contribution >= 4 is 17.8 Å². The van der Waals surface area contributed by atoms with Gasteiger partial charge in [-0.2, -0.15) is 0 Å². The van der Waals surface area contributed by atoms with Gasteiger partial charge in [0, 0.05) is 18.7 Å². The van der Waals surface area contributed by atoms with Crippen molar-refractivity contribution in [1.29, 1.82) is 0 Å². The SMILES string of the molecule is CC(=C[C@H](C(C)C)N(C)C(=O)[C@@H](NC(=O)[C@H]1CCC[C@H](C)N1C)C(C)(C)C)C(=O)O. The maximum absolute atomic E-state index is 13.5. The first-order valence-corrected chi connectivity index (χ1v) is 10.9. The van der Waals surface area contributed by atoms with Crippen molar-refractivity contribution in [2.45, 2.75) is 91.9 Å². The van der Waals surface area contributed by atoms with E-state index in [1.165, 1.54) is 6.92 Å². The van der Waals surface area contributed by atoms with Crippen LogP contribution in [0.25, 0.3) is 0 Å². The molecule has 0 aromatic heterocycles. The second kappa shape index (κ2) is 10.4. The summed E-state index contributed by atoms with van der Waals surface area (Å²) in [5, 5.41) is 12.3. The van der Waals surface area contributed by atoms with E-state index >= 15 is 0 Å². The summed E-state index contributed by atoms with van der Waals surface area (Å²) in [6.07, 6.45) is 4.45. The standard InChI is InChI=1S/C23H41N3O4/c1-14(2)18(13-15(3)22(29)30)26(9)21(28)19(23(5,6)7)24-20(27)17-12-10-11-16(4)25(17)8/h13-14,16-19H,10-12H2,1-9H3,(H,24,27)(H,29,30)/t16-,17+,18+,19+/m0/s1. The third-order valence-electron chi connectivity index (χ3n) is 6.22. The minimum atomic E-state index is -1.00. The first kappa shape index (κ1) is 26.1. The largest absolute Gasteiger partial charge is 0.478 e. The summed E-state index contributed by atoms with van der Waals surface area (Å²) in [5.41, 5.74) is -0.296. The highest BCUT2D eigenvalue weighted by Gasteiger charge is 2.39. The molecule has 1 fully saturated rings. The number of nitrogens with one attached hydrogen (secondary N) is 1. The Morgan fingerprint density at radius 3 is 2.23 bits per heavy atom. The van der Waals surface area contributed by atoms with Gasteiger partial charge in [-0.15, -0.1) is 0 Å². The van der Waals surface area contributed by atoms with Crippen LogP contribution in [0.1, 0.15) is 67.7 Å². The Morgan fingerprint density at radius 1 is 1.20 bits per heavy atom. The zero-order chi connectivity index (χ0) is 23.4. The van der Waals surface area contributed by atoms with Crippen molar-refractivity contribution in [3.63, 3.8) is 0 Å². The molecule has 4 atom stereocenters. The van der Waals surface area contributed by atoms with Gasteiger partial charge in [-0.3, -0.25) is 14.5 Å². The summed E-state index contributed by atoms with van der Waals surface area (Å²) in [6.45, 7) is 13.3. The monoisotopic (exact) mass is 423 g/mol. The number of carbonyl (C=O) groups excluding carboxylic acids is 2. The van der Waals surface area contributed by atoms with Crippen LogP contribution in [0.5, 0.6) is 0 Å². The summed E-state index contributed by atoms with van der Waals surface area (Å²) in [6, 6.07) is -1.00. The van der Waals surface area contributed by atoms with Gasteiger partial charge in [0.1, 0.15) is 6.04 Å². The van der Waals surface area contributed by atoms with Crippen molar-refractivity contribution in [1.82, 2.24) is 15.1 Å². The highest BCUT2D eigenvalue weighted by molar-refractivity contribution is 5.91. The van der Waals surface area contributed by atoms with Gasteiger partial charge in [0.15, 0.2) is 0 Å². The molecule has 1 aliphatic rings. The van der Waals surface area contributed by atoms with E-state index in [1.807, 2.05) is 41.7 Å². The second-order valence-electron chi connectivity index (χ2n) is 10.1. The maximum Gasteiger partial charge on any atom is 0.331 e. The van der Waals surface area contributed by atoms with Crippen LogP contribution in [-0.4, -0.2) is 71.0 Å². The number of nitrogens with zero attached hydrogens (tertiary/aromatic N) is 2. The zero-order valence-electron chi connectivity index (χ0n) is 20.2. The smallest absolute Gasteiger partial charge is 0.331 e. The molecule has 1 heterocycles. The van der Waals surface area contributed by atoms with Crippen LogP contribution in [0.2, 0.25) is 0 Å². The molecule has 0 unspecified atom stereocenters. The number of likely N-dealkylation sites (N-methyl/N-ethyl adjacent to an activating group) is 2. The molecular formula is C23H41N3O4. The molecule has 0 aliphatic carbocycles. The topological polar surface area (TPSA) is 90.0 Å². The molecule has 0 saturated carbocycles. The number of hydrogen-bond acceptors (Lipinski definition) is 4. The lowest BCUT2D eigenvalue weighted by Crippen LogP contribution is -2.60. The Morgan fingerprint density at radius 2 is 1.77 bits per heavy atom. The first-order valence-electron chi connectivity index (χ1n) is 10.9. The van der Waals surface area contributed by atoms with Crippen molar-refractivity contribution in [2.75, 3.05) is 14.1 Å². The number of aliphatic carboxylic acids is 1. The lowest BCUT2D eigenvalue weighted by Gasteiger charge is -2.40. The Hall–Kier alpha value is -1.89. The fraction of sp³-hybridized carbons (Fsp3) is 0.783. The number of carboxylic acid groups (broad SMARTS) is 1. The molecule has 2 amide bonds. The Bertz CT molecular complexity index is 666. The molecule has 172 valence electrons. The molecule has 0 radical (unpaired) electrons. The van der Waals surface area contributed by atoms with Crippen molar-refractivity contribution in [3.05, 3.63) is 11.6 Å². The molecule has 30 heavy (non-hydrogen) atoms. The van der Waals surface area contributed by atoms with Gasteiger partial charge in [0.2, 0.25) is 11.8 Å². The molecule has 1 rings (SSSR count). The number of hydrogen-bond donors (Lipinski definition) is 2. The van der Waals surface area contributed by atoms with Gasteiger partial charge < -0.3 is 15.3 Å². The Labute approximate surface area is 181 Å². The third-order valence-corrected chi connectivity index (χ3v) is 6.22. The summed E-state index contributed by atoms with van der Waals surface area (Å²) >= 11 is 0. The van der Waals surface area contributed by atoms with Gasteiger partial charge >= 0.3 is 5.97 Å². The maximum atomic E-state index is 13.5. The normalized spacial score (nSPS) is 23.1. The van der Waals surface area contributed by atoms with Crippen LogP contribution in [-0.2, 0) is 14.4 Å². The second-order valence-corrected chi connectivity index (χ2v) is 10.1. The van der Waals surface area contributed by atoms with Gasteiger partial charge in [0.25, 0.3) is 0 Å². The molecule has 0 spiro atoms. The summed E-state index contributed by atoms with van der Waals surface area (Å²) in [4.78, 5) is 41.5. The van der Waals surface area contributed by atoms with E-state index < -0.39 is 17.4 Å². The van der Waals surface area contributed by atoms with E-state index in [2.05, 4.69) is 17.1 Å². The third kappa shape index (κ3) is 6.56. The number of piperidine rings is 1. The van der Waals surface area contributed by atoms with Crippen LogP contribution < -0.4 is 5.32 Å². The molecule has 0 bridgehead atoms. The van der Waals surface area contributed by atoms with Gasteiger partial charge in [0.05, 0.1) is 12.1 Å². The van der Waals surface area contributed by atoms with Crippen LogP contribution in [0.15, 0.2) is 11.6 Å². The van der Waals surface area contributed by atoms with Crippen LogP contribution in [0.4, 0.5) is 0 Å². The van der Waals surface area contributed by atoms with Crippen molar-refractivity contribution < 1.29 is 19.5 Å². The number of amides is 2. The quantitative estimate of drug-likeness (QED) is 0.615. The fourth-order valence-electron chi connectivity index (χ4n) is 3.95. The predicted octanol–water partition coefficient (Wildman–Crippen LogP) is 2.90. The van der Waals surface area contributed by atoms with Crippen LogP contribution in [0.3, 0.4) is 0 Å². The lowest BCUT2D eigenvalue weighted by molar-refractivity contribution is -0.142. The molecule has 0 aromatic carbocycles. The van der Waals surface area contributed by atoms with E-state index in [-0.39, 0.29) is 35.4 Å². The summed E-state index contributed by atoms with van der Waals surface area (Å²) in [7, 11) is 3.64. The molecule has 2 N–H and O–H groups in total. The molecule has 1 aliphatic heterocycles. The zero-order valence-corrected chi connectivity index (χ0v) is 20.2. The Kier molecular flexibility index (Phi) is 9.08. The van der Waals surface area contributed by atoms with Gasteiger partial charge in [-0.25, -0.2) is 4.79 Å². The first-order chi connectivity index (χ1) is 13.7. The highest BCUT2D eigenvalue weighted by atomic mass is 16.4. The molecule has 7 nitrogen and oxygen atoms in total. The van der Waals surface area contributed by atoms with E-state index in [0.29, 0.717) is 6.04 Å². The van der Waals surface area contributed by atoms with E-state index in [9.17, 15) is 19.5 Å². The Balaban J connectivity index is 3.12. The average Bonchev–Trinajstić information content (AvgIpc) is 2.63. The lowest BCUT2D eigenvalue weighted by atomic mass is 9.84. The van der Waals surface area contributed by atoms with Crippen molar-refractivity contribution in [2.24, 2.45) is 11.3 Å². The van der Waals surface area contributed by atoms with Crippen LogP contribution >= 0.6 is 0 Å². The summed E-state index contributed by atoms with van der Waals surface area (Å²) in [5.74, 6) is -1.31. The number of carboxylic acids is 1. The fourth-order valence-corrected chi connectivity index (χ4v) is 3.95. The minimum Gasteiger partial charge on any atom is -0.478 e. The number of likely N-dealkylation sites (tertiary alicyclic amines) is 1. The molecular weight excluding hydrogens is 382 g/mol. The number of carbonyl (C=O) groups is 3. The van der Waals surface area contributed by atoms with E-state index in [4.69, 9.17) is 0 Å². The predicted molar refractivity (Wildman–Crippen MR) is 119 cm³/mol. The molecule has 7 heteroatoms. The number of rotatable bonds is 7. The highest BCUT2D eigenvalue weighted by Crippen LogP contribution is 2.26. The van der Waals surface area contributed by atoms with Crippen molar-refractivity contribution in [3.8, 4) is 0 Å². The molecule has 1 saturated heterocycles. The van der Waals surface area contributed by atoms with E-state index in [0.717, 1.165) is 19.3 Å². The average molecular weight is 424 g/mol. The minimum absolute atomic E-state index is 0.0231.